The van der Waals surface area contributed by atoms with E-state index in [1.165, 1.54) is 6.07 Å². The summed E-state index contributed by atoms with van der Waals surface area (Å²) in [4.78, 5) is 0. The molecule has 0 radical (unpaired) electrons. The number of hydrogen-bond acceptors (Lipinski definition) is 2. The number of benzene rings is 1. The molecule has 2 rings (SSSR count). The van der Waals surface area contributed by atoms with Crippen molar-refractivity contribution in [2.45, 2.75) is 6.04 Å². The van der Waals surface area contributed by atoms with Crippen molar-refractivity contribution < 1.29 is 13.5 Å². The van der Waals surface area contributed by atoms with Crippen LogP contribution in [-0.2, 0) is 4.74 Å². The predicted molar refractivity (Wildman–Crippen MR) is 52.3 cm³/mol. The fourth-order valence-corrected chi connectivity index (χ4v) is 1.73. The number of ether oxygens (including phenoxy) is 1. The fourth-order valence-electron chi connectivity index (χ4n) is 1.20. The highest BCUT2D eigenvalue weighted by molar-refractivity contribution is 9.10. The van der Waals surface area contributed by atoms with E-state index in [1.807, 2.05) is 0 Å². The lowest BCUT2D eigenvalue weighted by atomic mass is 10.2. The maximum Gasteiger partial charge on any atom is 0.150 e. The molecule has 1 aliphatic heterocycles. The van der Waals surface area contributed by atoms with Crippen molar-refractivity contribution >= 4 is 21.6 Å². The van der Waals surface area contributed by atoms with Gasteiger partial charge in [0, 0.05) is 10.5 Å². The van der Waals surface area contributed by atoms with Gasteiger partial charge in [-0.2, -0.15) is 0 Å². The lowest BCUT2D eigenvalue weighted by molar-refractivity contribution is 0.0209. The van der Waals surface area contributed by atoms with Gasteiger partial charge in [-0.1, -0.05) is 0 Å². The van der Waals surface area contributed by atoms with Crippen molar-refractivity contribution in [1.29, 1.82) is 0 Å². The van der Waals surface area contributed by atoms with Crippen molar-refractivity contribution in [2.75, 3.05) is 18.5 Å². The first-order chi connectivity index (χ1) is 6.66. The summed E-state index contributed by atoms with van der Waals surface area (Å²) >= 11 is 3.10. The molecule has 0 bridgehead atoms. The van der Waals surface area contributed by atoms with Gasteiger partial charge in [0.2, 0.25) is 0 Å². The van der Waals surface area contributed by atoms with Crippen molar-refractivity contribution in [3.05, 3.63) is 28.2 Å². The summed E-state index contributed by atoms with van der Waals surface area (Å²) in [6, 6.07) is 2.20. The van der Waals surface area contributed by atoms with Crippen molar-refractivity contribution in [2.24, 2.45) is 0 Å². The van der Waals surface area contributed by atoms with Crippen LogP contribution in [-0.4, -0.2) is 19.3 Å². The third-order valence-corrected chi connectivity index (χ3v) is 2.62. The molecule has 5 heteroatoms. The molecule has 0 unspecified atom stereocenters. The Morgan fingerprint density at radius 2 is 2.07 bits per heavy atom. The lowest BCUT2D eigenvalue weighted by Gasteiger charge is -2.28. The van der Waals surface area contributed by atoms with Gasteiger partial charge in [-0.15, -0.1) is 0 Å². The van der Waals surface area contributed by atoms with Gasteiger partial charge in [-0.25, -0.2) is 8.78 Å². The molecule has 0 amide bonds. The first kappa shape index (κ1) is 9.86. The summed E-state index contributed by atoms with van der Waals surface area (Å²) in [7, 11) is 0. The number of halogens is 3. The zero-order chi connectivity index (χ0) is 10.1. The van der Waals surface area contributed by atoms with Gasteiger partial charge in [0.25, 0.3) is 0 Å². The molecule has 1 aliphatic rings. The Kier molecular flexibility index (Phi) is 2.69. The molecule has 0 spiro atoms. The zero-order valence-electron chi connectivity index (χ0n) is 7.19. The van der Waals surface area contributed by atoms with Crippen LogP contribution in [0.3, 0.4) is 0 Å². The van der Waals surface area contributed by atoms with Gasteiger partial charge in [0.1, 0.15) is 11.6 Å². The summed E-state index contributed by atoms with van der Waals surface area (Å²) in [5.41, 5.74) is 0.291. The van der Waals surface area contributed by atoms with E-state index in [1.54, 1.807) is 0 Å². The summed E-state index contributed by atoms with van der Waals surface area (Å²) in [6.45, 7) is 1.12. The molecule has 1 heterocycles. The maximum atomic E-state index is 13.3. The Morgan fingerprint density at radius 1 is 1.36 bits per heavy atom. The molecule has 1 saturated heterocycles. The smallest absolute Gasteiger partial charge is 0.150 e. The summed E-state index contributed by atoms with van der Waals surface area (Å²) < 4.78 is 31.3. The molecule has 1 aromatic rings. The van der Waals surface area contributed by atoms with E-state index in [4.69, 9.17) is 4.74 Å². The van der Waals surface area contributed by atoms with Gasteiger partial charge in [0.15, 0.2) is 0 Å². The normalized spacial score (nSPS) is 16.5. The number of hydrogen-bond donors (Lipinski definition) is 1. The van der Waals surface area contributed by atoms with E-state index in [9.17, 15) is 8.78 Å². The summed E-state index contributed by atoms with van der Waals surface area (Å²) in [5, 5.41) is 2.93. The van der Waals surface area contributed by atoms with Crippen molar-refractivity contribution in [1.82, 2.24) is 0 Å². The second-order valence-electron chi connectivity index (χ2n) is 3.12. The molecule has 2 nitrogen and oxygen atoms in total. The molecule has 1 fully saturated rings. The first-order valence-corrected chi connectivity index (χ1v) is 4.95. The molecule has 1 N–H and O–H groups in total. The lowest BCUT2D eigenvalue weighted by Crippen LogP contribution is -2.40. The van der Waals surface area contributed by atoms with Crippen LogP contribution in [0.15, 0.2) is 16.6 Å². The highest BCUT2D eigenvalue weighted by Crippen LogP contribution is 2.28. The van der Waals surface area contributed by atoms with Crippen LogP contribution in [0.5, 0.6) is 0 Å². The largest absolute Gasteiger partial charge is 0.377 e. The van der Waals surface area contributed by atoms with E-state index in [-0.39, 0.29) is 6.04 Å². The molecular weight excluding hydrogens is 256 g/mol. The van der Waals surface area contributed by atoms with Gasteiger partial charge in [-0.3, -0.25) is 0 Å². The molecule has 0 saturated carbocycles. The molecular formula is C9H8BrF2NO. The van der Waals surface area contributed by atoms with E-state index < -0.39 is 11.6 Å². The molecule has 14 heavy (non-hydrogen) atoms. The van der Waals surface area contributed by atoms with Crippen LogP contribution >= 0.6 is 15.9 Å². The van der Waals surface area contributed by atoms with Gasteiger partial charge >= 0.3 is 0 Å². The quantitative estimate of drug-likeness (QED) is 0.886. The molecule has 1 aromatic carbocycles. The zero-order valence-corrected chi connectivity index (χ0v) is 8.77. The number of rotatable bonds is 2. The summed E-state index contributed by atoms with van der Waals surface area (Å²) in [6.07, 6.45) is 0. The second kappa shape index (κ2) is 3.82. The Morgan fingerprint density at radius 3 is 2.57 bits per heavy atom. The Bertz CT molecular complexity index is 332. The van der Waals surface area contributed by atoms with Gasteiger partial charge in [0.05, 0.1) is 24.9 Å². The average molecular weight is 264 g/mol. The van der Waals surface area contributed by atoms with Crippen LogP contribution in [0, 0.1) is 11.6 Å². The topological polar surface area (TPSA) is 21.3 Å². The minimum absolute atomic E-state index is 0.117. The van der Waals surface area contributed by atoms with E-state index in [2.05, 4.69) is 21.2 Å². The first-order valence-electron chi connectivity index (χ1n) is 4.15. The molecule has 76 valence electrons. The Balaban J connectivity index is 2.22. The number of anilines is 1. The number of nitrogens with one attached hydrogen (secondary N) is 1. The maximum absolute atomic E-state index is 13.3. The molecule has 0 aliphatic carbocycles. The van der Waals surface area contributed by atoms with E-state index in [0.717, 1.165) is 6.07 Å². The van der Waals surface area contributed by atoms with Crippen molar-refractivity contribution in [3.8, 4) is 0 Å². The van der Waals surface area contributed by atoms with Crippen LogP contribution in [0.4, 0.5) is 14.5 Å². The molecule has 0 atom stereocenters. The third kappa shape index (κ3) is 1.88. The standard InChI is InChI=1S/C9H8BrF2NO/c10-7-1-5(11)2-8(12)9(7)13-6-3-14-4-6/h1-2,6,13H,3-4H2. The predicted octanol–water partition coefficient (Wildman–Crippen LogP) is 2.54. The Labute approximate surface area is 88.4 Å². The minimum atomic E-state index is -0.594. The van der Waals surface area contributed by atoms with Crippen LogP contribution in [0.1, 0.15) is 0 Å². The average Bonchev–Trinajstić information content (AvgIpc) is 1.98. The van der Waals surface area contributed by atoms with Crippen LogP contribution in [0.25, 0.3) is 0 Å². The summed E-state index contributed by atoms with van der Waals surface area (Å²) in [5.74, 6) is -1.19. The highest BCUT2D eigenvalue weighted by atomic mass is 79.9. The monoisotopic (exact) mass is 263 g/mol. The third-order valence-electron chi connectivity index (χ3n) is 1.99. The van der Waals surface area contributed by atoms with Crippen LogP contribution < -0.4 is 5.32 Å². The Hall–Kier alpha value is -0.680. The van der Waals surface area contributed by atoms with Crippen LogP contribution in [0.2, 0.25) is 0 Å². The highest BCUT2D eigenvalue weighted by Gasteiger charge is 2.20. The van der Waals surface area contributed by atoms with Crippen molar-refractivity contribution in [3.63, 3.8) is 0 Å². The van der Waals surface area contributed by atoms with Gasteiger partial charge in [-0.05, 0) is 22.0 Å². The fraction of sp³-hybridized carbons (Fsp3) is 0.333. The SMILES string of the molecule is Fc1cc(F)c(NC2COC2)c(Br)c1. The van der Waals surface area contributed by atoms with E-state index in [0.29, 0.717) is 23.4 Å². The minimum Gasteiger partial charge on any atom is -0.377 e. The van der Waals surface area contributed by atoms with E-state index >= 15 is 0 Å². The van der Waals surface area contributed by atoms with Gasteiger partial charge < -0.3 is 10.1 Å². The molecule has 0 aromatic heterocycles. The second-order valence-corrected chi connectivity index (χ2v) is 3.98.